The fraction of sp³-hybridized carbons (Fsp3) is 0.529. The molecule has 0 spiro atoms. The average Bonchev–Trinajstić information content (AvgIpc) is 2.65. The number of aliphatic hydroxyl groups is 1. The van der Waals surface area contributed by atoms with Crippen LogP contribution in [0, 0.1) is 17.0 Å². The lowest BCUT2D eigenvalue weighted by molar-refractivity contribution is -0.742. The van der Waals surface area contributed by atoms with Crippen molar-refractivity contribution in [1.82, 2.24) is 9.97 Å². The summed E-state index contributed by atoms with van der Waals surface area (Å²) in [6, 6.07) is 1.85. The van der Waals surface area contributed by atoms with Gasteiger partial charge in [-0.25, -0.2) is 9.97 Å². The smallest absolute Gasteiger partial charge is 0.291 e. The highest BCUT2D eigenvalue weighted by Gasteiger charge is 2.20. The van der Waals surface area contributed by atoms with Gasteiger partial charge in [0.1, 0.15) is 17.2 Å². The van der Waals surface area contributed by atoms with Crippen LogP contribution in [-0.4, -0.2) is 59.8 Å². The van der Waals surface area contributed by atoms with E-state index >= 15 is 0 Å². The minimum atomic E-state index is -1.50. The molecule has 0 saturated carbocycles. The van der Waals surface area contributed by atoms with Crippen LogP contribution in [0.4, 0.5) is 5.82 Å². The molecular formula is C17H26N4O7. The first-order chi connectivity index (χ1) is 13.4. The lowest BCUT2D eigenvalue weighted by Gasteiger charge is -2.16. The summed E-state index contributed by atoms with van der Waals surface area (Å²) in [4.78, 5) is 17.4. The normalized spacial score (nSPS) is 10.0. The Morgan fingerprint density at radius 1 is 1.11 bits per heavy atom. The fourth-order valence-electron chi connectivity index (χ4n) is 2.60. The Balaban J connectivity index is 0.000000892. The summed E-state index contributed by atoms with van der Waals surface area (Å²) < 4.78 is 16.3. The zero-order valence-corrected chi connectivity index (χ0v) is 16.4. The van der Waals surface area contributed by atoms with Gasteiger partial charge in [-0.3, -0.25) is 0 Å². The van der Waals surface area contributed by atoms with Crippen LogP contribution in [0.1, 0.15) is 25.1 Å². The predicted octanol–water partition coefficient (Wildman–Crippen LogP) is 2.19. The molecule has 0 aliphatic heterocycles. The highest BCUT2D eigenvalue weighted by Crippen LogP contribution is 2.44. The number of fused-ring (bicyclic) bond motifs is 1. The SMILES string of the molecule is COc1cc2c(NCCCCCO)nc(C)nc2c(OC)c1OC.O=[N+]([O-])O. The second-order valence-corrected chi connectivity index (χ2v) is 5.61. The number of methoxy groups -OCH3 is 3. The molecule has 11 heteroatoms. The standard InChI is InChI=1S/C17H25N3O4.HNO3/c1-11-19-14-12(17(20-11)18-8-6-5-7-9-21)10-13(22-2)15(23-3)16(14)24-4;2-1(3)4/h10,21H,5-9H2,1-4H3,(H,18,19,20);(H,2,3,4). The molecule has 1 aromatic carbocycles. The Labute approximate surface area is 162 Å². The van der Waals surface area contributed by atoms with Crippen LogP contribution in [0.5, 0.6) is 17.2 Å². The van der Waals surface area contributed by atoms with Crippen LogP contribution >= 0.6 is 0 Å². The second kappa shape index (κ2) is 11.6. The third kappa shape index (κ3) is 6.27. The first-order valence-corrected chi connectivity index (χ1v) is 8.54. The average molecular weight is 398 g/mol. The molecule has 3 N–H and O–H groups in total. The van der Waals surface area contributed by atoms with Crippen molar-refractivity contribution in [2.24, 2.45) is 0 Å². The number of rotatable bonds is 9. The highest BCUT2D eigenvalue weighted by molar-refractivity contribution is 5.96. The van der Waals surface area contributed by atoms with Crippen molar-refractivity contribution in [3.8, 4) is 17.2 Å². The number of hydrogen-bond acceptors (Lipinski definition) is 9. The van der Waals surface area contributed by atoms with E-state index in [1.54, 1.807) is 21.3 Å². The maximum atomic E-state index is 8.84. The van der Waals surface area contributed by atoms with Crippen LogP contribution < -0.4 is 19.5 Å². The molecule has 28 heavy (non-hydrogen) atoms. The van der Waals surface area contributed by atoms with Crippen molar-refractivity contribution in [3.63, 3.8) is 0 Å². The van der Waals surface area contributed by atoms with E-state index < -0.39 is 5.09 Å². The number of hydrogen-bond donors (Lipinski definition) is 3. The first-order valence-electron chi connectivity index (χ1n) is 8.54. The molecule has 0 aliphatic carbocycles. The third-order valence-electron chi connectivity index (χ3n) is 3.73. The van der Waals surface area contributed by atoms with Crippen LogP contribution in [0.15, 0.2) is 6.07 Å². The predicted molar refractivity (Wildman–Crippen MR) is 102 cm³/mol. The molecule has 0 bridgehead atoms. The Bertz CT molecular complexity index is 782. The van der Waals surface area contributed by atoms with Gasteiger partial charge in [-0.1, -0.05) is 0 Å². The van der Waals surface area contributed by atoms with E-state index in [-0.39, 0.29) is 6.61 Å². The van der Waals surface area contributed by atoms with E-state index in [9.17, 15) is 0 Å². The van der Waals surface area contributed by atoms with Crippen molar-refractivity contribution in [2.45, 2.75) is 26.2 Å². The largest absolute Gasteiger partial charge is 0.493 e. The van der Waals surface area contributed by atoms with Gasteiger partial charge in [-0.15, -0.1) is 10.1 Å². The Morgan fingerprint density at radius 3 is 2.29 bits per heavy atom. The molecule has 0 aliphatic rings. The molecule has 1 heterocycles. The Hall–Kier alpha value is -3.08. The van der Waals surface area contributed by atoms with Crippen LogP contribution in [0.3, 0.4) is 0 Å². The quantitative estimate of drug-likeness (QED) is 0.326. The number of aromatic nitrogens is 2. The monoisotopic (exact) mass is 398 g/mol. The lowest BCUT2D eigenvalue weighted by Crippen LogP contribution is -2.07. The number of aryl methyl sites for hydroxylation is 1. The first kappa shape index (κ1) is 23.0. The topological polar surface area (TPSA) is 149 Å². The summed E-state index contributed by atoms with van der Waals surface area (Å²) in [6.07, 6.45) is 2.73. The Kier molecular flexibility index (Phi) is 9.51. The summed E-state index contributed by atoms with van der Waals surface area (Å²) >= 11 is 0. The lowest BCUT2D eigenvalue weighted by atomic mass is 10.1. The van der Waals surface area contributed by atoms with Gasteiger partial charge in [0, 0.05) is 13.2 Å². The molecule has 0 amide bonds. The van der Waals surface area contributed by atoms with Crippen LogP contribution in [0.25, 0.3) is 10.9 Å². The maximum absolute atomic E-state index is 8.84. The summed E-state index contributed by atoms with van der Waals surface area (Å²) in [7, 11) is 4.73. The molecule has 156 valence electrons. The maximum Gasteiger partial charge on any atom is 0.291 e. The molecule has 0 atom stereocenters. The number of benzene rings is 1. The van der Waals surface area contributed by atoms with Gasteiger partial charge in [-0.2, -0.15) is 0 Å². The molecule has 1 aromatic heterocycles. The van der Waals surface area contributed by atoms with Crippen molar-refractivity contribution in [1.29, 1.82) is 0 Å². The summed E-state index contributed by atoms with van der Waals surface area (Å²) in [5.74, 6) is 2.99. The second-order valence-electron chi connectivity index (χ2n) is 5.61. The minimum absolute atomic E-state index is 0.226. The number of unbranched alkanes of at least 4 members (excludes halogenated alkanes) is 2. The molecule has 0 saturated heterocycles. The number of ether oxygens (including phenoxy) is 3. The highest BCUT2D eigenvalue weighted by atomic mass is 16.9. The Morgan fingerprint density at radius 2 is 1.75 bits per heavy atom. The van der Waals surface area contributed by atoms with Gasteiger partial charge < -0.3 is 29.8 Å². The fourth-order valence-corrected chi connectivity index (χ4v) is 2.60. The summed E-state index contributed by atoms with van der Waals surface area (Å²) in [6.45, 7) is 2.83. The van der Waals surface area contributed by atoms with E-state index in [0.717, 1.165) is 37.0 Å². The van der Waals surface area contributed by atoms with E-state index in [4.69, 9.17) is 34.6 Å². The molecule has 2 aromatic rings. The van der Waals surface area contributed by atoms with Crippen LogP contribution in [-0.2, 0) is 0 Å². The van der Waals surface area contributed by atoms with Crippen molar-refractivity contribution in [2.75, 3.05) is 39.8 Å². The van der Waals surface area contributed by atoms with E-state index in [1.165, 1.54) is 0 Å². The number of nitrogens with zero attached hydrogens (tertiary/aromatic N) is 3. The minimum Gasteiger partial charge on any atom is -0.493 e. The molecule has 0 radical (unpaired) electrons. The summed E-state index contributed by atoms with van der Waals surface area (Å²) in [5.41, 5.74) is 0.681. The van der Waals surface area contributed by atoms with Gasteiger partial charge in [0.15, 0.2) is 11.5 Å². The van der Waals surface area contributed by atoms with E-state index in [0.29, 0.717) is 28.6 Å². The zero-order chi connectivity index (χ0) is 21.1. The van der Waals surface area contributed by atoms with Gasteiger partial charge in [0.25, 0.3) is 5.09 Å². The van der Waals surface area contributed by atoms with E-state index in [1.807, 2.05) is 13.0 Å². The molecule has 0 fully saturated rings. The van der Waals surface area contributed by atoms with Gasteiger partial charge >= 0.3 is 0 Å². The van der Waals surface area contributed by atoms with Crippen molar-refractivity contribution >= 4 is 16.7 Å². The molecule has 2 rings (SSSR count). The number of nitrogens with one attached hydrogen (secondary N) is 1. The zero-order valence-electron chi connectivity index (χ0n) is 16.4. The molecule has 11 nitrogen and oxygen atoms in total. The van der Waals surface area contributed by atoms with Crippen LogP contribution in [0.2, 0.25) is 0 Å². The van der Waals surface area contributed by atoms with Crippen molar-refractivity contribution < 1.29 is 29.6 Å². The number of anilines is 1. The molecular weight excluding hydrogens is 372 g/mol. The third-order valence-corrected chi connectivity index (χ3v) is 3.73. The van der Waals surface area contributed by atoms with Gasteiger partial charge in [0.05, 0.1) is 26.7 Å². The summed E-state index contributed by atoms with van der Waals surface area (Å²) in [5, 5.41) is 26.6. The van der Waals surface area contributed by atoms with E-state index in [2.05, 4.69) is 15.3 Å². The molecule has 0 unspecified atom stereocenters. The van der Waals surface area contributed by atoms with Gasteiger partial charge in [0.2, 0.25) is 5.75 Å². The van der Waals surface area contributed by atoms with Crippen molar-refractivity contribution in [3.05, 3.63) is 22.0 Å². The van der Waals surface area contributed by atoms with Gasteiger partial charge in [-0.05, 0) is 32.3 Å². The number of aliphatic hydroxyl groups excluding tert-OH is 1.